The minimum absolute atomic E-state index is 0.140. The molecule has 0 bridgehead atoms. The van der Waals surface area contributed by atoms with E-state index in [9.17, 15) is 14.4 Å². The number of benzene rings is 1. The van der Waals surface area contributed by atoms with E-state index in [0.717, 1.165) is 36.0 Å². The Morgan fingerprint density at radius 2 is 1.75 bits per heavy atom. The van der Waals surface area contributed by atoms with Gasteiger partial charge in [-0.05, 0) is 36.0 Å². The highest BCUT2D eigenvalue weighted by atomic mass is 16.5. The molecule has 32 heavy (non-hydrogen) atoms. The van der Waals surface area contributed by atoms with Crippen LogP contribution >= 0.6 is 0 Å². The summed E-state index contributed by atoms with van der Waals surface area (Å²) in [4.78, 5) is 43.5. The fourth-order valence-corrected chi connectivity index (χ4v) is 4.86. The third-order valence-electron chi connectivity index (χ3n) is 6.94. The monoisotopic (exact) mass is 435 g/mol. The highest BCUT2D eigenvalue weighted by Crippen LogP contribution is 2.31. The number of rotatable bonds is 4. The smallest absolute Gasteiger partial charge is 0.264 e. The molecule has 0 N–H and O–H groups in total. The predicted molar refractivity (Wildman–Crippen MR) is 119 cm³/mol. The quantitative estimate of drug-likeness (QED) is 0.737. The summed E-state index contributed by atoms with van der Waals surface area (Å²) in [6, 6.07) is 9.77. The molecule has 2 aromatic rings. The third kappa shape index (κ3) is 3.97. The SMILES string of the molecule is O=C(c1c2c(cn(Cc3ccccc3)c1=O)CN(C(=O)C1CCC1)CC2)N1CCOCC1. The van der Waals surface area contributed by atoms with Crippen LogP contribution in [0.25, 0.3) is 0 Å². The van der Waals surface area contributed by atoms with Crippen molar-refractivity contribution in [1.82, 2.24) is 14.4 Å². The minimum atomic E-state index is -0.247. The van der Waals surface area contributed by atoms with Gasteiger partial charge < -0.3 is 19.1 Å². The lowest BCUT2D eigenvalue weighted by atomic mass is 9.83. The van der Waals surface area contributed by atoms with Crippen molar-refractivity contribution in [3.05, 3.63) is 69.1 Å². The van der Waals surface area contributed by atoms with E-state index < -0.39 is 0 Å². The second-order valence-electron chi connectivity index (χ2n) is 8.97. The van der Waals surface area contributed by atoms with Gasteiger partial charge in [-0.1, -0.05) is 36.8 Å². The zero-order chi connectivity index (χ0) is 22.1. The summed E-state index contributed by atoms with van der Waals surface area (Å²) in [5.74, 6) is 0.140. The highest BCUT2D eigenvalue weighted by molar-refractivity contribution is 5.96. The van der Waals surface area contributed by atoms with E-state index in [1.165, 1.54) is 0 Å². The van der Waals surface area contributed by atoms with Gasteiger partial charge in [0.05, 0.1) is 19.8 Å². The Bertz CT molecular complexity index is 1070. The Kier molecular flexibility index (Phi) is 5.83. The largest absolute Gasteiger partial charge is 0.378 e. The van der Waals surface area contributed by atoms with E-state index >= 15 is 0 Å². The summed E-state index contributed by atoms with van der Waals surface area (Å²) in [6.45, 7) is 3.38. The van der Waals surface area contributed by atoms with Crippen LogP contribution in [0.5, 0.6) is 0 Å². The lowest BCUT2D eigenvalue weighted by molar-refractivity contribution is -0.139. The van der Waals surface area contributed by atoms with Crippen molar-refractivity contribution in [2.75, 3.05) is 32.8 Å². The van der Waals surface area contributed by atoms with E-state index in [0.29, 0.717) is 52.4 Å². The standard InChI is InChI=1S/C25H29N3O4/c29-23(19-7-4-8-19)27-10-9-21-20(16-27)17-28(15-18-5-2-1-3-6-18)25(31)22(21)24(30)26-11-13-32-14-12-26/h1-3,5-6,17,19H,4,7-16H2. The van der Waals surface area contributed by atoms with Crippen molar-refractivity contribution in [2.45, 2.75) is 38.8 Å². The number of ether oxygens (including phenoxy) is 1. The van der Waals surface area contributed by atoms with Crippen molar-refractivity contribution < 1.29 is 14.3 Å². The van der Waals surface area contributed by atoms with Crippen LogP contribution in [-0.4, -0.2) is 59.0 Å². The van der Waals surface area contributed by atoms with Gasteiger partial charge >= 0.3 is 0 Å². The molecule has 5 rings (SSSR count). The van der Waals surface area contributed by atoms with Gasteiger partial charge in [0.1, 0.15) is 5.56 Å². The second kappa shape index (κ2) is 8.90. The molecule has 0 unspecified atom stereocenters. The lowest BCUT2D eigenvalue weighted by Gasteiger charge is -2.36. The maximum atomic E-state index is 13.5. The normalized spacial score (nSPS) is 18.8. The molecular formula is C25H29N3O4. The first-order valence-corrected chi connectivity index (χ1v) is 11.6. The summed E-state index contributed by atoms with van der Waals surface area (Å²) in [5.41, 5.74) is 2.75. The summed E-state index contributed by atoms with van der Waals surface area (Å²) < 4.78 is 7.03. The van der Waals surface area contributed by atoms with E-state index in [4.69, 9.17) is 4.74 Å². The average Bonchev–Trinajstić information content (AvgIpc) is 2.79. The van der Waals surface area contributed by atoms with E-state index in [-0.39, 0.29) is 28.9 Å². The molecule has 2 aliphatic heterocycles. The first-order chi connectivity index (χ1) is 15.6. The Balaban J connectivity index is 1.52. The van der Waals surface area contributed by atoms with Crippen LogP contribution in [0.1, 0.15) is 46.3 Å². The number of carbonyl (C=O) groups excluding carboxylic acids is 2. The van der Waals surface area contributed by atoms with Crippen LogP contribution in [0.3, 0.4) is 0 Å². The van der Waals surface area contributed by atoms with Crippen LogP contribution < -0.4 is 5.56 Å². The zero-order valence-electron chi connectivity index (χ0n) is 18.3. The molecule has 1 aromatic heterocycles. The number of morpholine rings is 1. The Morgan fingerprint density at radius 1 is 1.00 bits per heavy atom. The molecule has 2 amide bonds. The van der Waals surface area contributed by atoms with E-state index in [1.807, 2.05) is 41.4 Å². The fraction of sp³-hybridized carbons (Fsp3) is 0.480. The van der Waals surface area contributed by atoms with E-state index in [2.05, 4.69) is 0 Å². The molecule has 1 aromatic carbocycles. The predicted octanol–water partition coefficient (Wildman–Crippen LogP) is 2.05. The first kappa shape index (κ1) is 20.9. The van der Waals surface area contributed by atoms with E-state index in [1.54, 1.807) is 9.47 Å². The molecule has 1 aliphatic carbocycles. The van der Waals surface area contributed by atoms with Crippen LogP contribution in [0.4, 0.5) is 0 Å². The molecule has 1 saturated carbocycles. The van der Waals surface area contributed by atoms with Crippen LogP contribution in [0.2, 0.25) is 0 Å². The highest BCUT2D eigenvalue weighted by Gasteiger charge is 2.34. The third-order valence-corrected chi connectivity index (χ3v) is 6.94. The van der Waals surface area contributed by atoms with Crippen LogP contribution in [-0.2, 0) is 29.0 Å². The topological polar surface area (TPSA) is 71.9 Å². The molecule has 1 saturated heterocycles. The van der Waals surface area contributed by atoms with Crippen molar-refractivity contribution >= 4 is 11.8 Å². The summed E-state index contributed by atoms with van der Waals surface area (Å²) >= 11 is 0. The van der Waals surface area contributed by atoms with Crippen molar-refractivity contribution in [1.29, 1.82) is 0 Å². The molecule has 7 nitrogen and oxygen atoms in total. The second-order valence-corrected chi connectivity index (χ2v) is 8.97. The number of amides is 2. The Morgan fingerprint density at radius 3 is 2.44 bits per heavy atom. The molecule has 2 fully saturated rings. The molecule has 0 spiro atoms. The number of hydrogen-bond acceptors (Lipinski definition) is 4. The molecule has 7 heteroatoms. The first-order valence-electron chi connectivity index (χ1n) is 11.6. The Hall–Kier alpha value is -2.93. The summed E-state index contributed by atoms with van der Waals surface area (Å²) in [5, 5.41) is 0. The van der Waals surface area contributed by atoms with Crippen molar-refractivity contribution in [3.8, 4) is 0 Å². The fourth-order valence-electron chi connectivity index (χ4n) is 4.86. The van der Waals surface area contributed by atoms with Crippen molar-refractivity contribution in [2.24, 2.45) is 5.92 Å². The van der Waals surface area contributed by atoms with Gasteiger partial charge in [0.25, 0.3) is 11.5 Å². The zero-order valence-corrected chi connectivity index (χ0v) is 18.3. The number of aromatic nitrogens is 1. The average molecular weight is 436 g/mol. The van der Waals surface area contributed by atoms with Gasteiger partial charge in [-0.15, -0.1) is 0 Å². The maximum Gasteiger partial charge on any atom is 0.264 e. The molecular weight excluding hydrogens is 406 g/mol. The molecule has 0 radical (unpaired) electrons. The Labute approximate surface area is 187 Å². The number of fused-ring (bicyclic) bond motifs is 1. The van der Waals surface area contributed by atoms with Gasteiger partial charge in [0, 0.05) is 38.3 Å². The lowest BCUT2D eigenvalue weighted by Crippen LogP contribution is -2.46. The minimum Gasteiger partial charge on any atom is -0.378 e. The van der Waals surface area contributed by atoms with Gasteiger partial charge in [-0.3, -0.25) is 14.4 Å². The number of pyridine rings is 1. The molecule has 3 heterocycles. The number of carbonyl (C=O) groups is 2. The number of nitrogens with zero attached hydrogens (tertiary/aromatic N) is 3. The molecule has 0 atom stereocenters. The number of hydrogen-bond donors (Lipinski definition) is 0. The van der Waals surface area contributed by atoms with Gasteiger partial charge in [-0.25, -0.2) is 0 Å². The summed E-state index contributed by atoms with van der Waals surface area (Å²) in [6.07, 6.45) is 5.46. The maximum absolute atomic E-state index is 13.5. The van der Waals surface area contributed by atoms with Crippen LogP contribution in [0.15, 0.2) is 41.3 Å². The van der Waals surface area contributed by atoms with Gasteiger partial charge in [0.15, 0.2) is 0 Å². The van der Waals surface area contributed by atoms with Crippen LogP contribution in [0, 0.1) is 5.92 Å². The summed E-state index contributed by atoms with van der Waals surface area (Å²) in [7, 11) is 0. The molecule has 3 aliphatic rings. The molecule has 168 valence electrons. The van der Waals surface area contributed by atoms with Gasteiger partial charge in [0.2, 0.25) is 5.91 Å². The van der Waals surface area contributed by atoms with Gasteiger partial charge in [-0.2, -0.15) is 0 Å². The van der Waals surface area contributed by atoms with Crippen molar-refractivity contribution in [3.63, 3.8) is 0 Å².